The summed E-state index contributed by atoms with van der Waals surface area (Å²) in [5.74, 6) is 0.569. The van der Waals surface area contributed by atoms with Gasteiger partial charge in [0.15, 0.2) is 0 Å². The van der Waals surface area contributed by atoms with Crippen LogP contribution in [0.5, 0.6) is 17.2 Å². The predicted molar refractivity (Wildman–Crippen MR) is 248 cm³/mol. The molecule has 10 heteroatoms. The number of aryl methyl sites for hydroxylation is 2. The van der Waals surface area contributed by atoms with Crippen LogP contribution in [0.4, 0.5) is 4.79 Å². The van der Waals surface area contributed by atoms with Crippen LogP contribution in [0.15, 0.2) is 65.9 Å². The first-order valence-electron chi connectivity index (χ1n) is 24.1. The minimum atomic E-state index is -1.32. The predicted octanol–water partition coefficient (Wildman–Crippen LogP) is 12.1. The molecule has 0 saturated heterocycles. The monoisotopic (exact) mass is 859 g/mol. The number of unbranched alkanes of at least 4 members (excludes halogenated alkanes) is 11. The number of carbonyl (C=O) groups excluding carboxylic acids is 1. The number of allylic oxidation sites excluding steroid dienone is 1. The van der Waals surface area contributed by atoms with Crippen molar-refractivity contribution in [2.45, 2.75) is 161 Å². The average Bonchev–Trinajstić information content (AvgIpc) is 3.27. The van der Waals surface area contributed by atoms with Crippen LogP contribution in [0, 0.1) is 31.6 Å². The Labute approximate surface area is 373 Å². The molecule has 2 aliphatic carbocycles. The second kappa shape index (κ2) is 25.4. The van der Waals surface area contributed by atoms with Crippen molar-refractivity contribution in [3.63, 3.8) is 0 Å². The van der Waals surface area contributed by atoms with Crippen molar-refractivity contribution in [2.75, 3.05) is 40.1 Å². The second-order valence-corrected chi connectivity index (χ2v) is 17.8. The summed E-state index contributed by atoms with van der Waals surface area (Å²) in [5.41, 5.74) is 5.15. The number of aliphatic hydroxyl groups excluding tert-OH is 2. The topological polar surface area (TPSA) is 119 Å². The Morgan fingerprint density at radius 1 is 0.871 bits per heavy atom. The molecule has 0 radical (unpaired) electrons. The molecule has 2 aromatic carbocycles. The number of hydrogen-bond donors (Lipinski definition) is 2. The van der Waals surface area contributed by atoms with Gasteiger partial charge in [0.2, 0.25) is 5.79 Å². The quantitative estimate of drug-likeness (QED) is 0.0493. The molecule has 10 nitrogen and oxygen atoms in total. The Morgan fingerprint density at radius 2 is 1.55 bits per heavy atom. The van der Waals surface area contributed by atoms with E-state index in [4.69, 9.17) is 28.9 Å². The van der Waals surface area contributed by atoms with Gasteiger partial charge in [0.1, 0.15) is 30.4 Å². The minimum Gasteiger partial charge on any atom is -0.459 e. The normalized spacial score (nSPS) is 23.2. The summed E-state index contributed by atoms with van der Waals surface area (Å²) in [6.07, 6.45) is 21.7. The number of oxime groups is 1. The van der Waals surface area contributed by atoms with E-state index in [0.29, 0.717) is 50.3 Å². The Balaban J connectivity index is 1.55. The number of rotatable bonds is 28. The summed E-state index contributed by atoms with van der Waals surface area (Å²) in [6.45, 7) is 13.8. The van der Waals surface area contributed by atoms with Crippen LogP contribution < -0.4 is 9.47 Å². The molecule has 5 rings (SSSR count). The van der Waals surface area contributed by atoms with Crippen LogP contribution in [0.3, 0.4) is 0 Å². The minimum absolute atomic E-state index is 0.116. The second-order valence-electron chi connectivity index (χ2n) is 17.8. The number of carbonyl (C=O) groups is 1. The summed E-state index contributed by atoms with van der Waals surface area (Å²) < 4.78 is 27.1. The molecular formula is C52H78N2O8. The molecule has 1 amide bonds. The van der Waals surface area contributed by atoms with Gasteiger partial charge in [-0.25, -0.2) is 4.79 Å². The summed E-state index contributed by atoms with van der Waals surface area (Å²) in [5, 5.41) is 24.5. The number of nitrogens with zero attached hydrogens (tertiary/aromatic N) is 2. The summed E-state index contributed by atoms with van der Waals surface area (Å²) in [4.78, 5) is 21.9. The maximum atomic E-state index is 14.5. The fraction of sp³-hybridized carbons (Fsp3) is 0.654. The van der Waals surface area contributed by atoms with Crippen molar-refractivity contribution in [2.24, 2.45) is 22.9 Å². The molecule has 0 aromatic heterocycles. The zero-order valence-corrected chi connectivity index (χ0v) is 38.7. The van der Waals surface area contributed by atoms with E-state index >= 15 is 0 Å². The summed E-state index contributed by atoms with van der Waals surface area (Å²) in [7, 11) is 1.57. The molecule has 1 heterocycles. The first-order chi connectivity index (χ1) is 30.3. The van der Waals surface area contributed by atoms with E-state index in [1.807, 2.05) is 23.1 Å². The highest BCUT2D eigenvalue weighted by atomic mass is 16.7. The van der Waals surface area contributed by atoms with Gasteiger partial charge in [-0.15, -0.1) is 6.58 Å². The first kappa shape index (κ1) is 49.2. The van der Waals surface area contributed by atoms with Gasteiger partial charge < -0.3 is 34.0 Å². The highest BCUT2D eigenvalue weighted by Crippen LogP contribution is 2.62. The van der Waals surface area contributed by atoms with Gasteiger partial charge in [0.05, 0.1) is 24.8 Å². The maximum absolute atomic E-state index is 14.5. The Morgan fingerprint density at radius 3 is 2.21 bits per heavy atom. The smallest absolute Gasteiger partial charge is 0.410 e. The lowest BCUT2D eigenvalue weighted by atomic mass is 9.55. The van der Waals surface area contributed by atoms with E-state index in [9.17, 15) is 15.0 Å². The summed E-state index contributed by atoms with van der Waals surface area (Å²) >= 11 is 0. The van der Waals surface area contributed by atoms with Crippen LogP contribution >= 0.6 is 0 Å². The Kier molecular flexibility index (Phi) is 20.2. The molecule has 1 fully saturated rings. The fourth-order valence-electron chi connectivity index (χ4n) is 10.2. The lowest BCUT2D eigenvalue weighted by Gasteiger charge is -2.59. The van der Waals surface area contributed by atoms with Crippen LogP contribution in [-0.4, -0.2) is 78.8 Å². The number of hydrogen-bond acceptors (Lipinski definition) is 9. The van der Waals surface area contributed by atoms with E-state index in [-0.39, 0.29) is 49.6 Å². The molecule has 0 unspecified atom stereocenters. The lowest BCUT2D eigenvalue weighted by Crippen LogP contribution is -2.70. The van der Waals surface area contributed by atoms with Crippen LogP contribution in [0.2, 0.25) is 0 Å². The molecule has 344 valence electrons. The lowest BCUT2D eigenvalue weighted by molar-refractivity contribution is -0.255. The van der Waals surface area contributed by atoms with Crippen molar-refractivity contribution in [3.05, 3.63) is 77.4 Å². The molecule has 2 N–H and O–H groups in total. The Bertz CT molecular complexity index is 1760. The van der Waals surface area contributed by atoms with Gasteiger partial charge in [-0.05, 0) is 111 Å². The van der Waals surface area contributed by atoms with Crippen molar-refractivity contribution in [1.29, 1.82) is 0 Å². The van der Waals surface area contributed by atoms with Gasteiger partial charge >= 0.3 is 6.09 Å². The largest absolute Gasteiger partial charge is 0.459 e. The highest BCUT2D eigenvalue weighted by molar-refractivity contribution is 6.03. The molecule has 1 aliphatic heterocycles. The van der Waals surface area contributed by atoms with Crippen molar-refractivity contribution in [1.82, 2.24) is 4.90 Å². The van der Waals surface area contributed by atoms with Gasteiger partial charge in [-0.3, -0.25) is 4.90 Å². The van der Waals surface area contributed by atoms with Crippen molar-refractivity contribution < 1.29 is 38.8 Å². The van der Waals surface area contributed by atoms with Crippen LogP contribution in [-0.2, 0) is 14.3 Å². The van der Waals surface area contributed by atoms with Gasteiger partial charge in [0, 0.05) is 37.7 Å². The fourth-order valence-corrected chi connectivity index (χ4v) is 10.2. The molecule has 2 aromatic rings. The SMILES string of the molecule is C=CCO[C@@]12Oc3ccc(Oc4ccc(C)c(C)c4)cc3[C@H]3[C@H](CCCCO)[C@@H](CCCCO)C=C(C(=NOC)C[C@@H]1N(CCC)C(=O)OCCCCCCCCCCCC)[C@H]32. The van der Waals surface area contributed by atoms with Crippen molar-refractivity contribution in [3.8, 4) is 17.2 Å². The third kappa shape index (κ3) is 12.4. The maximum Gasteiger partial charge on any atom is 0.410 e. The first-order valence-corrected chi connectivity index (χ1v) is 24.1. The summed E-state index contributed by atoms with van der Waals surface area (Å²) in [6, 6.07) is 11.6. The van der Waals surface area contributed by atoms with E-state index in [1.54, 1.807) is 13.2 Å². The van der Waals surface area contributed by atoms with E-state index in [0.717, 1.165) is 73.1 Å². The molecule has 6 atom stereocenters. The number of fused-ring (bicyclic) bond motifs is 2. The third-order valence-corrected chi connectivity index (χ3v) is 13.4. The van der Waals surface area contributed by atoms with E-state index in [2.05, 4.69) is 58.5 Å². The van der Waals surface area contributed by atoms with Crippen molar-refractivity contribution >= 4 is 11.8 Å². The highest BCUT2D eigenvalue weighted by Gasteiger charge is 2.65. The zero-order chi connectivity index (χ0) is 44.3. The molecule has 0 spiro atoms. The molecule has 0 bridgehead atoms. The Hall–Kier alpha value is -3.86. The number of benzene rings is 2. The molecular weight excluding hydrogens is 781 g/mol. The third-order valence-electron chi connectivity index (χ3n) is 13.4. The number of amides is 1. The average molecular weight is 859 g/mol. The van der Waals surface area contributed by atoms with Gasteiger partial charge in [-0.1, -0.05) is 108 Å². The molecule has 1 saturated carbocycles. The molecule has 62 heavy (non-hydrogen) atoms. The number of ether oxygens (including phenoxy) is 4. The van der Waals surface area contributed by atoms with Gasteiger partial charge in [-0.2, -0.15) is 0 Å². The standard InChI is InChI=1S/C52H78N2O8/c1-7-10-11-12-13-14-15-16-17-22-33-59-51(57)54(29-8-2)48-37-46(53-58-6)44-35-40(23-18-20-30-55)43(24-19-21-31-56)49-45-36-42(61-41-26-25-38(4)39(5)34-41)27-28-47(45)62-52(48,50(44)49)60-32-9-3/h9,25-28,34-36,40,43,48-50,55-56H,3,7-8,10-24,29-33,37H2,1-2,4-6H3/t40-,43+,48-,49+,50+,52+/m0/s1. The van der Waals surface area contributed by atoms with E-state index in [1.165, 1.54) is 50.5 Å². The zero-order valence-electron chi connectivity index (χ0n) is 38.7. The van der Waals surface area contributed by atoms with Crippen LogP contribution in [0.25, 0.3) is 0 Å². The van der Waals surface area contributed by atoms with Crippen LogP contribution in [0.1, 0.15) is 152 Å². The van der Waals surface area contributed by atoms with E-state index < -0.39 is 11.8 Å². The number of aliphatic hydroxyl groups is 2. The molecule has 3 aliphatic rings. The van der Waals surface area contributed by atoms with Gasteiger partial charge in [0.25, 0.3) is 0 Å².